The number of piperidine rings is 1. The molecule has 9 nitrogen and oxygen atoms in total. The number of fused-ring (bicyclic) bond motifs is 2. The van der Waals surface area contributed by atoms with Crippen molar-refractivity contribution >= 4 is 5.97 Å². The van der Waals surface area contributed by atoms with Gasteiger partial charge < -0.3 is 14.8 Å². The third-order valence-corrected chi connectivity index (χ3v) is 3.84. The number of rotatable bonds is 4. The highest BCUT2D eigenvalue weighted by atomic mass is 16.6. The molecule has 2 bridgehead atoms. The van der Waals surface area contributed by atoms with Crippen molar-refractivity contribution in [2.24, 2.45) is 0 Å². The van der Waals surface area contributed by atoms with Crippen molar-refractivity contribution < 1.29 is 24.6 Å². The average molecular weight is 271 g/mol. The number of nitro groups is 2. The van der Waals surface area contributed by atoms with Gasteiger partial charge in [-0.05, 0) is 6.08 Å². The summed E-state index contributed by atoms with van der Waals surface area (Å²) in [6.45, 7) is -0.562. The van der Waals surface area contributed by atoms with Crippen molar-refractivity contribution in [2.75, 3.05) is 19.6 Å². The van der Waals surface area contributed by atoms with E-state index in [1.807, 2.05) is 0 Å². The van der Waals surface area contributed by atoms with E-state index < -0.39 is 33.4 Å². The van der Waals surface area contributed by atoms with Gasteiger partial charge in [0.15, 0.2) is 6.54 Å². The molecule has 9 heteroatoms. The largest absolute Gasteiger partial charge is 0.544 e. The molecule has 0 aromatic rings. The number of nitrogens with zero attached hydrogens (tertiary/aromatic N) is 2. The van der Waals surface area contributed by atoms with Gasteiger partial charge in [0.1, 0.15) is 19.5 Å². The van der Waals surface area contributed by atoms with Crippen molar-refractivity contribution in [1.82, 2.24) is 0 Å². The molecule has 2 aliphatic rings. The SMILES string of the molecule is O=C([O-])C[NH+]1C[C@]2([N+](=O)[O-])C=CC[C@@]([N+](=O)[O-])(C1)C2. The molecule has 2 rings (SSSR count). The molecule has 1 N–H and O–H groups in total. The van der Waals surface area contributed by atoms with Gasteiger partial charge in [-0.1, -0.05) is 6.08 Å². The summed E-state index contributed by atoms with van der Waals surface area (Å²) in [5.41, 5.74) is -3.00. The lowest BCUT2D eigenvalue weighted by Crippen LogP contribution is -3.19. The van der Waals surface area contributed by atoms with E-state index in [1.54, 1.807) is 0 Å². The molecule has 0 amide bonds. The molecule has 1 aliphatic carbocycles. The lowest BCUT2D eigenvalue weighted by atomic mass is 9.72. The highest BCUT2D eigenvalue weighted by molar-refractivity contribution is 5.65. The van der Waals surface area contributed by atoms with Gasteiger partial charge in [0.25, 0.3) is 11.1 Å². The van der Waals surface area contributed by atoms with Crippen LogP contribution < -0.4 is 10.0 Å². The second-order valence-corrected chi connectivity index (χ2v) is 5.28. The predicted molar refractivity (Wildman–Crippen MR) is 58.4 cm³/mol. The number of carboxylic acid groups (broad SMARTS) is 1. The van der Waals surface area contributed by atoms with E-state index in [1.165, 1.54) is 12.2 Å². The molecule has 104 valence electrons. The van der Waals surface area contributed by atoms with Crippen LogP contribution in [0.15, 0.2) is 12.2 Å². The van der Waals surface area contributed by atoms with Gasteiger partial charge in [-0.15, -0.1) is 0 Å². The molecule has 0 spiro atoms. The number of likely N-dealkylation sites (tertiary alicyclic amines) is 1. The highest BCUT2D eigenvalue weighted by Crippen LogP contribution is 2.35. The molecule has 1 unspecified atom stereocenters. The highest BCUT2D eigenvalue weighted by Gasteiger charge is 2.65. The van der Waals surface area contributed by atoms with E-state index in [9.17, 15) is 30.1 Å². The molecule has 0 radical (unpaired) electrons. The fraction of sp³-hybridized carbons (Fsp3) is 0.700. The van der Waals surface area contributed by atoms with Crippen molar-refractivity contribution in [3.8, 4) is 0 Å². The van der Waals surface area contributed by atoms with Crippen LogP contribution in [0.5, 0.6) is 0 Å². The molecule has 1 heterocycles. The first-order chi connectivity index (χ1) is 8.80. The molecular weight excluding hydrogens is 258 g/mol. The third kappa shape index (κ3) is 2.16. The van der Waals surface area contributed by atoms with Crippen molar-refractivity contribution in [2.45, 2.75) is 23.9 Å². The van der Waals surface area contributed by atoms with Gasteiger partial charge in [-0.2, -0.15) is 0 Å². The molecule has 1 saturated heterocycles. The maximum Gasteiger partial charge on any atom is 0.294 e. The van der Waals surface area contributed by atoms with E-state index in [0.29, 0.717) is 4.90 Å². The summed E-state index contributed by atoms with van der Waals surface area (Å²) in [5, 5.41) is 33.1. The predicted octanol–water partition coefficient (Wildman–Crippen LogP) is -2.98. The van der Waals surface area contributed by atoms with Crippen LogP contribution in [0, 0.1) is 20.2 Å². The first-order valence-electron chi connectivity index (χ1n) is 5.80. The fourth-order valence-corrected chi connectivity index (χ4v) is 3.14. The van der Waals surface area contributed by atoms with Crippen LogP contribution in [0.1, 0.15) is 12.8 Å². The standard InChI is InChI=1S/C10H13N3O6/c14-8(15)4-11-6-9(12(16)17)2-1-3-10(5-9,7-11)13(18)19/h1-2H,3-7H2,(H,14,15)/t9-,10-/m0/s1. The fourth-order valence-electron chi connectivity index (χ4n) is 3.14. The topological polar surface area (TPSA) is 131 Å². The van der Waals surface area contributed by atoms with Gasteiger partial charge in [0, 0.05) is 16.3 Å². The maximum absolute atomic E-state index is 11.3. The van der Waals surface area contributed by atoms with Crippen molar-refractivity contribution in [1.29, 1.82) is 0 Å². The summed E-state index contributed by atoms with van der Waals surface area (Å²) in [7, 11) is 0. The second-order valence-electron chi connectivity index (χ2n) is 5.28. The molecule has 1 fully saturated rings. The Balaban J connectivity index is 2.39. The maximum atomic E-state index is 11.3. The Hall–Kier alpha value is -2.03. The van der Waals surface area contributed by atoms with Gasteiger partial charge in [0.2, 0.25) is 0 Å². The second kappa shape index (κ2) is 4.26. The number of carboxylic acids is 1. The summed E-state index contributed by atoms with van der Waals surface area (Å²) in [5.74, 6) is -1.36. The van der Waals surface area contributed by atoms with Crippen LogP contribution in [0.25, 0.3) is 0 Å². The molecule has 3 atom stereocenters. The molecular formula is C10H13N3O6. The van der Waals surface area contributed by atoms with Gasteiger partial charge >= 0.3 is 0 Å². The molecule has 0 saturated carbocycles. The Kier molecular flexibility index (Phi) is 3.01. The smallest absolute Gasteiger partial charge is 0.294 e. The summed E-state index contributed by atoms with van der Waals surface area (Å²) < 4.78 is 0. The Morgan fingerprint density at radius 1 is 1.26 bits per heavy atom. The van der Waals surface area contributed by atoms with E-state index in [4.69, 9.17) is 0 Å². The van der Waals surface area contributed by atoms with Crippen LogP contribution in [-0.2, 0) is 4.79 Å². The van der Waals surface area contributed by atoms with Crippen LogP contribution in [-0.4, -0.2) is 46.5 Å². The van der Waals surface area contributed by atoms with Gasteiger partial charge in [-0.25, -0.2) is 0 Å². The third-order valence-electron chi connectivity index (χ3n) is 3.84. The molecule has 0 aromatic heterocycles. The Labute approximate surface area is 107 Å². The number of aliphatic carboxylic acids is 1. The lowest BCUT2D eigenvalue weighted by Gasteiger charge is -2.41. The number of quaternary nitrogens is 1. The van der Waals surface area contributed by atoms with E-state index in [0.717, 1.165) is 0 Å². The zero-order valence-electron chi connectivity index (χ0n) is 10.0. The zero-order chi connectivity index (χ0) is 14.3. The van der Waals surface area contributed by atoms with E-state index >= 15 is 0 Å². The van der Waals surface area contributed by atoms with Crippen LogP contribution in [0.4, 0.5) is 0 Å². The van der Waals surface area contributed by atoms with E-state index in [2.05, 4.69) is 0 Å². The summed E-state index contributed by atoms with van der Waals surface area (Å²) in [6.07, 6.45) is 2.73. The van der Waals surface area contributed by atoms with Crippen LogP contribution >= 0.6 is 0 Å². The van der Waals surface area contributed by atoms with Gasteiger partial charge in [-0.3, -0.25) is 20.2 Å². The quantitative estimate of drug-likeness (QED) is 0.329. The summed E-state index contributed by atoms with van der Waals surface area (Å²) >= 11 is 0. The van der Waals surface area contributed by atoms with E-state index in [-0.39, 0.29) is 25.9 Å². The minimum atomic E-state index is -1.55. The number of nitrogens with one attached hydrogen (secondary N) is 1. The Morgan fingerprint density at radius 3 is 2.47 bits per heavy atom. The van der Waals surface area contributed by atoms with Gasteiger partial charge in [0.05, 0.1) is 5.97 Å². The molecule has 1 aliphatic heterocycles. The van der Waals surface area contributed by atoms with Crippen molar-refractivity contribution in [3.63, 3.8) is 0 Å². The Morgan fingerprint density at radius 2 is 1.95 bits per heavy atom. The molecule has 19 heavy (non-hydrogen) atoms. The number of hydrogen-bond donors (Lipinski definition) is 1. The van der Waals surface area contributed by atoms with Crippen LogP contribution in [0.2, 0.25) is 0 Å². The lowest BCUT2D eigenvalue weighted by molar-refractivity contribution is -0.938. The number of carbonyl (C=O) groups excluding carboxylic acids is 1. The number of hydrogen-bond acceptors (Lipinski definition) is 6. The average Bonchev–Trinajstić information content (AvgIpc) is 2.27. The Bertz CT molecular complexity index is 478. The minimum absolute atomic E-state index is 0.0338. The summed E-state index contributed by atoms with van der Waals surface area (Å²) in [4.78, 5) is 32.4. The van der Waals surface area contributed by atoms with Crippen LogP contribution in [0.3, 0.4) is 0 Å². The first-order valence-corrected chi connectivity index (χ1v) is 5.80. The first kappa shape index (κ1) is 13.4. The monoisotopic (exact) mass is 271 g/mol. The molecule has 0 aromatic carbocycles. The normalized spacial score (nSPS) is 36.7. The van der Waals surface area contributed by atoms with Crippen molar-refractivity contribution in [3.05, 3.63) is 32.4 Å². The summed E-state index contributed by atoms with van der Waals surface area (Å²) in [6, 6.07) is 0. The minimum Gasteiger partial charge on any atom is -0.544 e. The zero-order valence-corrected chi connectivity index (χ0v) is 10.0. The number of carbonyl (C=O) groups is 1.